The van der Waals surface area contributed by atoms with E-state index in [9.17, 15) is 0 Å². The van der Waals surface area contributed by atoms with Crippen LogP contribution in [0, 0.1) is 16.7 Å². The number of ether oxygens (including phenoxy) is 1. The van der Waals surface area contributed by atoms with Gasteiger partial charge in [0.25, 0.3) is 0 Å². The van der Waals surface area contributed by atoms with Gasteiger partial charge in [0.15, 0.2) is 0 Å². The zero-order chi connectivity index (χ0) is 13.7. The molecule has 0 spiro atoms. The first-order valence-corrected chi connectivity index (χ1v) is 7.00. The summed E-state index contributed by atoms with van der Waals surface area (Å²) in [6.07, 6.45) is 3.95. The second kappa shape index (κ2) is 5.97. The summed E-state index contributed by atoms with van der Waals surface area (Å²) in [5, 5.41) is 12.0. The molecule has 1 unspecified atom stereocenters. The Bertz CT molecular complexity index is 460. The molecule has 1 aromatic carbocycles. The maximum atomic E-state index is 8.47. The number of benzene rings is 1. The molecule has 0 aromatic heterocycles. The molecule has 3 heteroatoms. The van der Waals surface area contributed by atoms with E-state index in [1.165, 1.54) is 12.8 Å². The molecule has 1 aliphatic carbocycles. The van der Waals surface area contributed by atoms with Crippen LogP contribution in [0.2, 0.25) is 0 Å². The summed E-state index contributed by atoms with van der Waals surface area (Å²) in [6, 6.07) is 10.7. The zero-order valence-electron chi connectivity index (χ0n) is 11.8. The molecule has 0 amide bonds. The molecule has 3 nitrogen and oxygen atoms in total. The summed E-state index contributed by atoms with van der Waals surface area (Å²) in [5.74, 6) is 0.871. The average Bonchev–Trinajstić information content (AvgIpc) is 3.15. The van der Waals surface area contributed by atoms with Crippen molar-refractivity contribution in [3.05, 3.63) is 24.3 Å². The van der Waals surface area contributed by atoms with E-state index in [1.807, 2.05) is 18.2 Å². The number of hydrogen-bond acceptors (Lipinski definition) is 3. The van der Waals surface area contributed by atoms with Crippen LogP contribution in [0.25, 0.3) is 0 Å². The Hall–Kier alpha value is -1.69. The number of nitriles is 1. The van der Waals surface area contributed by atoms with Crippen LogP contribution in [0.4, 0.5) is 5.69 Å². The SMILES string of the molecule is CC(Nc1cccc(OCCCC#N)c1)C1(C)CC1. The fourth-order valence-corrected chi connectivity index (χ4v) is 2.07. The van der Waals surface area contributed by atoms with E-state index in [0.717, 1.165) is 17.9 Å². The van der Waals surface area contributed by atoms with E-state index < -0.39 is 0 Å². The topological polar surface area (TPSA) is 45.0 Å². The van der Waals surface area contributed by atoms with Gasteiger partial charge in [-0.25, -0.2) is 0 Å². The maximum absolute atomic E-state index is 8.47. The lowest BCUT2D eigenvalue weighted by Gasteiger charge is -2.22. The predicted octanol–water partition coefficient (Wildman–Crippen LogP) is 3.97. The highest BCUT2D eigenvalue weighted by atomic mass is 16.5. The van der Waals surface area contributed by atoms with Crippen LogP contribution in [0.3, 0.4) is 0 Å². The highest BCUT2D eigenvalue weighted by molar-refractivity contribution is 5.49. The summed E-state index contributed by atoms with van der Waals surface area (Å²) in [7, 11) is 0. The Kier molecular flexibility index (Phi) is 4.31. The molecule has 1 N–H and O–H groups in total. The molecule has 1 saturated carbocycles. The van der Waals surface area contributed by atoms with Crippen LogP contribution in [-0.4, -0.2) is 12.6 Å². The third-order valence-corrected chi connectivity index (χ3v) is 4.00. The molecular formula is C16H22N2O. The third-order valence-electron chi connectivity index (χ3n) is 4.00. The van der Waals surface area contributed by atoms with Crippen LogP contribution < -0.4 is 10.1 Å². The molecule has 1 aromatic rings. The number of hydrogen-bond donors (Lipinski definition) is 1. The Labute approximate surface area is 115 Å². The van der Waals surface area contributed by atoms with Crippen molar-refractivity contribution in [1.82, 2.24) is 0 Å². The molecule has 0 aliphatic heterocycles. The van der Waals surface area contributed by atoms with Crippen LogP contribution in [-0.2, 0) is 0 Å². The molecule has 0 saturated heterocycles. The fraction of sp³-hybridized carbons (Fsp3) is 0.562. The Morgan fingerprint density at radius 1 is 1.47 bits per heavy atom. The van der Waals surface area contributed by atoms with Gasteiger partial charge in [-0.2, -0.15) is 5.26 Å². The van der Waals surface area contributed by atoms with Gasteiger partial charge in [0, 0.05) is 24.2 Å². The molecule has 1 fully saturated rings. The highest BCUT2D eigenvalue weighted by Gasteiger charge is 2.42. The minimum absolute atomic E-state index is 0.462. The first-order chi connectivity index (χ1) is 9.14. The lowest BCUT2D eigenvalue weighted by Crippen LogP contribution is -2.24. The monoisotopic (exact) mass is 258 g/mol. The van der Waals surface area contributed by atoms with Crippen molar-refractivity contribution in [1.29, 1.82) is 5.26 Å². The van der Waals surface area contributed by atoms with Crippen LogP contribution >= 0.6 is 0 Å². The maximum Gasteiger partial charge on any atom is 0.121 e. The molecular weight excluding hydrogens is 236 g/mol. The van der Waals surface area contributed by atoms with E-state index in [1.54, 1.807) is 0 Å². The van der Waals surface area contributed by atoms with Gasteiger partial charge >= 0.3 is 0 Å². The number of nitrogens with zero attached hydrogens (tertiary/aromatic N) is 1. The molecule has 102 valence electrons. The van der Waals surface area contributed by atoms with Gasteiger partial charge in [-0.05, 0) is 43.7 Å². The Morgan fingerprint density at radius 3 is 2.95 bits per heavy atom. The standard InChI is InChI=1S/C16H22N2O/c1-13(16(2)8-9-16)18-14-6-5-7-15(12-14)19-11-4-3-10-17/h5-7,12-13,18H,3-4,8-9,11H2,1-2H3. The normalized spacial score (nSPS) is 17.3. The molecule has 19 heavy (non-hydrogen) atoms. The summed E-state index contributed by atoms with van der Waals surface area (Å²) in [6.45, 7) is 5.17. The molecule has 2 rings (SSSR count). The van der Waals surface area contributed by atoms with Gasteiger partial charge in [0.05, 0.1) is 12.7 Å². The second-order valence-electron chi connectivity index (χ2n) is 5.66. The van der Waals surface area contributed by atoms with E-state index in [4.69, 9.17) is 10.00 Å². The molecule has 0 radical (unpaired) electrons. The number of unbranched alkanes of at least 4 members (excludes halogenated alkanes) is 1. The minimum atomic E-state index is 0.462. The lowest BCUT2D eigenvalue weighted by molar-refractivity contribution is 0.313. The highest BCUT2D eigenvalue weighted by Crippen LogP contribution is 2.48. The Balaban J connectivity index is 1.86. The largest absolute Gasteiger partial charge is 0.493 e. The quantitative estimate of drug-likeness (QED) is 0.753. The van der Waals surface area contributed by atoms with Gasteiger partial charge in [-0.15, -0.1) is 0 Å². The third kappa shape index (κ3) is 3.89. The van der Waals surface area contributed by atoms with Crippen molar-refractivity contribution in [3.63, 3.8) is 0 Å². The second-order valence-corrected chi connectivity index (χ2v) is 5.66. The number of rotatable bonds is 7. The van der Waals surface area contributed by atoms with Crippen LogP contribution in [0.15, 0.2) is 24.3 Å². The van der Waals surface area contributed by atoms with E-state index in [-0.39, 0.29) is 0 Å². The number of anilines is 1. The summed E-state index contributed by atoms with van der Waals surface area (Å²) in [4.78, 5) is 0. The lowest BCUT2D eigenvalue weighted by atomic mass is 10.0. The first kappa shape index (κ1) is 13.7. The molecule has 1 atom stereocenters. The van der Waals surface area contributed by atoms with Crippen molar-refractivity contribution in [2.75, 3.05) is 11.9 Å². The van der Waals surface area contributed by atoms with Crippen molar-refractivity contribution < 1.29 is 4.74 Å². The molecule has 1 aliphatic rings. The summed E-state index contributed by atoms with van der Waals surface area (Å²) in [5.41, 5.74) is 1.57. The first-order valence-electron chi connectivity index (χ1n) is 7.00. The van der Waals surface area contributed by atoms with Gasteiger partial charge < -0.3 is 10.1 Å². The van der Waals surface area contributed by atoms with E-state index >= 15 is 0 Å². The summed E-state index contributed by atoms with van der Waals surface area (Å²) >= 11 is 0. The van der Waals surface area contributed by atoms with Crippen molar-refractivity contribution >= 4 is 5.69 Å². The molecule has 0 heterocycles. The van der Waals surface area contributed by atoms with Gasteiger partial charge in [0.1, 0.15) is 5.75 Å². The predicted molar refractivity (Wildman–Crippen MR) is 77.2 cm³/mol. The van der Waals surface area contributed by atoms with Gasteiger partial charge in [-0.3, -0.25) is 0 Å². The van der Waals surface area contributed by atoms with Gasteiger partial charge in [0.2, 0.25) is 0 Å². The smallest absolute Gasteiger partial charge is 0.121 e. The number of nitrogens with one attached hydrogen (secondary N) is 1. The van der Waals surface area contributed by atoms with Crippen LogP contribution in [0.1, 0.15) is 39.5 Å². The van der Waals surface area contributed by atoms with Crippen LogP contribution in [0.5, 0.6) is 5.75 Å². The van der Waals surface area contributed by atoms with E-state index in [2.05, 4.69) is 31.3 Å². The van der Waals surface area contributed by atoms with Crippen molar-refractivity contribution in [2.24, 2.45) is 5.41 Å². The Morgan fingerprint density at radius 2 is 2.26 bits per heavy atom. The van der Waals surface area contributed by atoms with Crippen molar-refractivity contribution in [3.8, 4) is 11.8 Å². The fourth-order valence-electron chi connectivity index (χ4n) is 2.07. The summed E-state index contributed by atoms with van der Waals surface area (Å²) < 4.78 is 5.64. The van der Waals surface area contributed by atoms with E-state index in [0.29, 0.717) is 24.5 Å². The minimum Gasteiger partial charge on any atom is -0.493 e. The molecule has 0 bridgehead atoms. The zero-order valence-corrected chi connectivity index (χ0v) is 11.8. The average molecular weight is 258 g/mol. The van der Waals surface area contributed by atoms with Gasteiger partial charge in [-0.1, -0.05) is 13.0 Å². The van der Waals surface area contributed by atoms with Crippen molar-refractivity contribution in [2.45, 2.75) is 45.6 Å².